The third-order valence-electron chi connectivity index (χ3n) is 5.81. The first-order valence-corrected chi connectivity index (χ1v) is 10.5. The summed E-state index contributed by atoms with van der Waals surface area (Å²) in [5.74, 6) is -0.469. The number of carbonyl (C=O) groups excluding carboxylic acids is 2. The molecule has 0 saturated carbocycles. The Bertz CT molecular complexity index is 687. The molecule has 5 nitrogen and oxygen atoms in total. The number of esters is 1. The zero-order chi connectivity index (χ0) is 20.1. The monoisotopic (exact) mass is 410 g/mol. The van der Waals surface area contributed by atoms with E-state index in [1.165, 1.54) is 6.07 Å². The largest absolute Gasteiger partial charge is 0.466 e. The second kappa shape index (κ2) is 9.70. The molecule has 0 bridgehead atoms. The maximum atomic E-state index is 14.1. The number of nitrogens with zero attached hydrogens (tertiary/aromatic N) is 2. The predicted octanol–water partition coefficient (Wildman–Crippen LogP) is 3.29. The molecular weight excluding hydrogens is 383 g/mol. The topological polar surface area (TPSA) is 49.9 Å². The molecule has 2 aliphatic rings. The van der Waals surface area contributed by atoms with Crippen molar-refractivity contribution < 1.29 is 18.7 Å². The number of hydrogen-bond acceptors (Lipinski definition) is 4. The highest BCUT2D eigenvalue weighted by Gasteiger charge is 2.32. The first-order valence-electron chi connectivity index (χ1n) is 10.1. The van der Waals surface area contributed by atoms with Crippen LogP contribution in [0.5, 0.6) is 0 Å². The number of halogens is 2. The van der Waals surface area contributed by atoms with Crippen molar-refractivity contribution in [3.63, 3.8) is 0 Å². The molecule has 154 valence electrons. The number of ether oxygens (including phenoxy) is 1. The zero-order valence-corrected chi connectivity index (χ0v) is 17.1. The van der Waals surface area contributed by atoms with Gasteiger partial charge < -0.3 is 9.64 Å². The summed E-state index contributed by atoms with van der Waals surface area (Å²) in [6, 6.07) is 4.87. The Hall–Kier alpha value is -1.66. The maximum Gasteiger partial charge on any atom is 0.309 e. The van der Waals surface area contributed by atoms with Gasteiger partial charge in [0.05, 0.1) is 19.1 Å². The smallest absolute Gasteiger partial charge is 0.309 e. The molecule has 1 aromatic rings. The minimum absolute atomic E-state index is 0.0776. The fourth-order valence-corrected chi connectivity index (χ4v) is 4.44. The summed E-state index contributed by atoms with van der Waals surface area (Å²) >= 11 is 6.17. The molecule has 0 spiro atoms. The zero-order valence-electron chi connectivity index (χ0n) is 16.3. The van der Waals surface area contributed by atoms with Crippen LogP contribution >= 0.6 is 11.6 Å². The minimum Gasteiger partial charge on any atom is -0.466 e. The molecular formula is C21H28ClFN2O3. The third-order valence-corrected chi connectivity index (χ3v) is 6.16. The Balaban J connectivity index is 1.53. The van der Waals surface area contributed by atoms with Gasteiger partial charge in [-0.05, 0) is 57.7 Å². The van der Waals surface area contributed by atoms with Crippen LogP contribution in [0.15, 0.2) is 18.2 Å². The van der Waals surface area contributed by atoms with Crippen LogP contribution in [0, 0.1) is 11.7 Å². The van der Waals surface area contributed by atoms with Crippen LogP contribution in [0.2, 0.25) is 5.02 Å². The lowest BCUT2D eigenvalue weighted by molar-refractivity contribution is -0.151. The third kappa shape index (κ3) is 5.03. The number of likely N-dealkylation sites (tertiary alicyclic amines) is 2. The lowest BCUT2D eigenvalue weighted by Gasteiger charge is -2.33. The van der Waals surface area contributed by atoms with Gasteiger partial charge in [-0.25, -0.2) is 4.39 Å². The summed E-state index contributed by atoms with van der Waals surface area (Å²) in [5.41, 5.74) is 0.531. The molecule has 2 aliphatic heterocycles. The summed E-state index contributed by atoms with van der Waals surface area (Å²) in [5, 5.41) is 0.444. The summed E-state index contributed by atoms with van der Waals surface area (Å²) in [7, 11) is 0. The molecule has 1 amide bonds. The van der Waals surface area contributed by atoms with E-state index < -0.39 is 0 Å². The Morgan fingerprint density at radius 1 is 1.21 bits per heavy atom. The van der Waals surface area contributed by atoms with Gasteiger partial charge in [0.25, 0.3) is 0 Å². The molecule has 0 aromatic heterocycles. The molecule has 2 heterocycles. The van der Waals surface area contributed by atoms with Crippen LogP contribution in [0.3, 0.4) is 0 Å². The van der Waals surface area contributed by atoms with Crippen molar-refractivity contribution in [2.24, 2.45) is 5.92 Å². The number of hydrogen-bond donors (Lipinski definition) is 0. The van der Waals surface area contributed by atoms with Gasteiger partial charge in [-0.1, -0.05) is 17.7 Å². The van der Waals surface area contributed by atoms with Gasteiger partial charge in [-0.15, -0.1) is 0 Å². The van der Waals surface area contributed by atoms with Crippen molar-refractivity contribution in [3.05, 3.63) is 34.6 Å². The van der Waals surface area contributed by atoms with E-state index in [0.717, 1.165) is 19.4 Å². The number of amides is 1. The van der Waals surface area contributed by atoms with Crippen LogP contribution in [-0.2, 0) is 20.7 Å². The fourth-order valence-electron chi connectivity index (χ4n) is 4.20. The van der Waals surface area contributed by atoms with E-state index >= 15 is 0 Å². The first kappa shape index (κ1) is 21.1. The molecule has 1 aromatic carbocycles. The van der Waals surface area contributed by atoms with Gasteiger partial charge >= 0.3 is 5.97 Å². The summed E-state index contributed by atoms with van der Waals surface area (Å²) < 4.78 is 19.2. The standard InChI is InChI=1S/C21H28ClFN2O3/c1-2-28-21(27)15-8-11-24(12-9-15)20(26)14-25-10-4-5-16(25)13-17-18(22)6-3-7-19(17)23/h3,6-7,15-16H,2,4-5,8-14H2,1H3/t16-/m0/s1. The van der Waals surface area contributed by atoms with Crippen molar-refractivity contribution in [3.8, 4) is 0 Å². The van der Waals surface area contributed by atoms with Gasteiger partial charge in [-0.2, -0.15) is 0 Å². The van der Waals surface area contributed by atoms with Crippen molar-refractivity contribution in [1.29, 1.82) is 0 Å². The van der Waals surface area contributed by atoms with E-state index in [1.54, 1.807) is 19.1 Å². The number of carbonyl (C=O) groups is 2. The van der Waals surface area contributed by atoms with Crippen molar-refractivity contribution in [2.75, 3.05) is 32.8 Å². The minimum atomic E-state index is -0.285. The van der Waals surface area contributed by atoms with Crippen molar-refractivity contribution in [1.82, 2.24) is 9.80 Å². The molecule has 3 rings (SSSR count). The van der Waals surface area contributed by atoms with E-state index in [4.69, 9.17) is 16.3 Å². The normalized spacial score (nSPS) is 21.1. The Morgan fingerprint density at radius 3 is 2.64 bits per heavy atom. The molecule has 0 N–H and O–H groups in total. The Kier molecular flexibility index (Phi) is 7.30. The highest BCUT2D eigenvalue weighted by molar-refractivity contribution is 6.31. The Morgan fingerprint density at radius 2 is 1.96 bits per heavy atom. The number of rotatable bonds is 6. The molecule has 0 unspecified atom stereocenters. The van der Waals surface area contributed by atoms with Gasteiger partial charge in [0.1, 0.15) is 5.82 Å². The average molecular weight is 411 g/mol. The maximum absolute atomic E-state index is 14.1. The highest BCUT2D eigenvalue weighted by Crippen LogP contribution is 2.27. The molecule has 7 heteroatoms. The second-order valence-corrected chi connectivity index (χ2v) is 7.99. The second-order valence-electron chi connectivity index (χ2n) is 7.58. The van der Waals surface area contributed by atoms with Crippen molar-refractivity contribution >= 4 is 23.5 Å². The van der Waals surface area contributed by atoms with Gasteiger partial charge in [-0.3, -0.25) is 14.5 Å². The number of piperidine rings is 1. The fraction of sp³-hybridized carbons (Fsp3) is 0.619. The van der Waals surface area contributed by atoms with E-state index in [9.17, 15) is 14.0 Å². The lowest BCUT2D eigenvalue weighted by Crippen LogP contribution is -2.46. The average Bonchev–Trinajstić information content (AvgIpc) is 3.12. The van der Waals surface area contributed by atoms with E-state index in [0.29, 0.717) is 56.1 Å². The molecule has 2 saturated heterocycles. The molecule has 2 fully saturated rings. The summed E-state index contributed by atoms with van der Waals surface area (Å²) in [4.78, 5) is 28.6. The van der Waals surface area contributed by atoms with Gasteiger partial charge in [0.2, 0.25) is 5.91 Å². The summed E-state index contributed by atoms with van der Waals surface area (Å²) in [6.45, 7) is 4.53. The summed E-state index contributed by atoms with van der Waals surface area (Å²) in [6.07, 6.45) is 3.75. The van der Waals surface area contributed by atoms with Crippen LogP contribution < -0.4 is 0 Å². The van der Waals surface area contributed by atoms with Crippen LogP contribution in [0.25, 0.3) is 0 Å². The lowest BCUT2D eigenvalue weighted by atomic mass is 9.97. The molecule has 0 aliphatic carbocycles. The van der Waals surface area contributed by atoms with Gasteiger partial charge in [0.15, 0.2) is 0 Å². The molecule has 0 radical (unpaired) electrons. The Labute approximate surface area is 170 Å². The van der Waals surface area contributed by atoms with Crippen LogP contribution in [0.1, 0.15) is 38.2 Å². The first-order chi connectivity index (χ1) is 13.5. The van der Waals surface area contributed by atoms with Gasteiger partial charge in [0, 0.05) is 29.7 Å². The van der Waals surface area contributed by atoms with E-state index in [-0.39, 0.29) is 29.7 Å². The quantitative estimate of drug-likeness (QED) is 0.675. The highest BCUT2D eigenvalue weighted by atomic mass is 35.5. The van der Waals surface area contributed by atoms with Crippen LogP contribution in [-0.4, -0.2) is 60.5 Å². The van der Waals surface area contributed by atoms with E-state index in [1.807, 2.05) is 4.90 Å². The van der Waals surface area contributed by atoms with E-state index in [2.05, 4.69) is 4.90 Å². The molecule has 1 atom stereocenters. The SMILES string of the molecule is CCOC(=O)C1CCN(C(=O)CN2CCC[C@H]2Cc2c(F)cccc2Cl)CC1. The predicted molar refractivity (Wildman–Crippen MR) is 106 cm³/mol. The number of benzene rings is 1. The molecule has 28 heavy (non-hydrogen) atoms. The van der Waals surface area contributed by atoms with Crippen LogP contribution in [0.4, 0.5) is 4.39 Å². The van der Waals surface area contributed by atoms with Crippen molar-refractivity contribution in [2.45, 2.75) is 45.1 Å².